The van der Waals surface area contributed by atoms with Crippen LogP contribution >= 0.6 is 0 Å². The van der Waals surface area contributed by atoms with E-state index in [-0.39, 0.29) is 18.9 Å². The molecule has 0 saturated heterocycles. The number of aryl methyl sites for hydroxylation is 2. The van der Waals surface area contributed by atoms with Crippen LogP contribution in [0.25, 0.3) is 0 Å². The van der Waals surface area contributed by atoms with Gasteiger partial charge >= 0.3 is 0 Å². The third kappa shape index (κ3) is 6.22. The van der Waals surface area contributed by atoms with Crippen LogP contribution in [0.4, 0.5) is 0 Å². The largest absolute Gasteiger partial charge is 0.493 e. The molecule has 0 atom stereocenters. The van der Waals surface area contributed by atoms with Crippen molar-refractivity contribution in [3.63, 3.8) is 0 Å². The second-order valence-corrected chi connectivity index (χ2v) is 5.84. The van der Waals surface area contributed by atoms with E-state index >= 15 is 0 Å². The number of hydrogen-bond donors (Lipinski definition) is 2. The summed E-state index contributed by atoms with van der Waals surface area (Å²) in [6.07, 6.45) is 0.718. The number of rotatable bonds is 8. The first kappa shape index (κ1) is 20.1. The molecular weight excluding hydrogens is 348 g/mol. The SMILES string of the molecule is COc1ccc(CCC(=O)NNC(=O)COc2ccccc2C)cc1OC. The first-order valence-electron chi connectivity index (χ1n) is 8.50. The van der Waals surface area contributed by atoms with Crippen LogP contribution in [-0.4, -0.2) is 32.6 Å². The predicted molar refractivity (Wildman–Crippen MR) is 101 cm³/mol. The van der Waals surface area contributed by atoms with Gasteiger partial charge in [0.25, 0.3) is 5.91 Å². The summed E-state index contributed by atoms with van der Waals surface area (Å²) in [5.41, 5.74) is 6.58. The van der Waals surface area contributed by atoms with Crippen molar-refractivity contribution >= 4 is 11.8 Å². The lowest BCUT2D eigenvalue weighted by atomic mass is 10.1. The quantitative estimate of drug-likeness (QED) is 0.694. The van der Waals surface area contributed by atoms with Crippen LogP contribution in [-0.2, 0) is 16.0 Å². The molecule has 0 aliphatic heterocycles. The second kappa shape index (κ2) is 10.1. The van der Waals surface area contributed by atoms with Crippen LogP contribution in [0.15, 0.2) is 42.5 Å². The van der Waals surface area contributed by atoms with Crippen molar-refractivity contribution in [3.05, 3.63) is 53.6 Å². The number of para-hydroxylation sites is 1. The lowest BCUT2D eigenvalue weighted by molar-refractivity contribution is -0.130. The maximum atomic E-state index is 11.9. The topological polar surface area (TPSA) is 85.9 Å². The van der Waals surface area contributed by atoms with E-state index in [1.165, 1.54) is 0 Å². The Balaban J connectivity index is 1.73. The Kier molecular flexibility index (Phi) is 7.49. The van der Waals surface area contributed by atoms with Gasteiger partial charge in [-0.2, -0.15) is 0 Å². The number of methoxy groups -OCH3 is 2. The highest BCUT2D eigenvalue weighted by Gasteiger charge is 2.09. The zero-order chi connectivity index (χ0) is 19.6. The lowest BCUT2D eigenvalue weighted by Crippen LogP contribution is -2.43. The zero-order valence-electron chi connectivity index (χ0n) is 15.7. The Morgan fingerprint density at radius 3 is 2.30 bits per heavy atom. The Labute approximate surface area is 158 Å². The Hall–Kier alpha value is -3.22. The highest BCUT2D eigenvalue weighted by molar-refractivity contribution is 5.82. The van der Waals surface area contributed by atoms with E-state index in [4.69, 9.17) is 14.2 Å². The number of benzene rings is 2. The van der Waals surface area contributed by atoms with Crippen molar-refractivity contribution in [2.45, 2.75) is 19.8 Å². The van der Waals surface area contributed by atoms with Crippen molar-refractivity contribution in [2.24, 2.45) is 0 Å². The molecule has 2 rings (SSSR count). The molecule has 27 heavy (non-hydrogen) atoms. The third-order valence-corrected chi connectivity index (χ3v) is 3.88. The minimum atomic E-state index is -0.433. The summed E-state index contributed by atoms with van der Waals surface area (Å²) in [7, 11) is 3.12. The number of hydrazine groups is 1. The minimum absolute atomic E-state index is 0.180. The maximum absolute atomic E-state index is 11.9. The van der Waals surface area contributed by atoms with Crippen LogP contribution < -0.4 is 25.1 Å². The molecule has 2 aromatic carbocycles. The van der Waals surface area contributed by atoms with E-state index in [0.717, 1.165) is 11.1 Å². The summed E-state index contributed by atoms with van der Waals surface area (Å²) in [6.45, 7) is 1.71. The van der Waals surface area contributed by atoms with Crippen molar-refractivity contribution < 1.29 is 23.8 Å². The molecule has 0 spiro atoms. The van der Waals surface area contributed by atoms with Crippen LogP contribution in [0.1, 0.15) is 17.5 Å². The van der Waals surface area contributed by atoms with Gasteiger partial charge in [0, 0.05) is 6.42 Å². The number of nitrogens with one attached hydrogen (secondary N) is 2. The van der Waals surface area contributed by atoms with Gasteiger partial charge in [0.2, 0.25) is 5.91 Å². The average Bonchev–Trinajstić information content (AvgIpc) is 2.69. The summed E-state index contributed by atoms with van der Waals surface area (Å²) in [4.78, 5) is 23.7. The Morgan fingerprint density at radius 2 is 1.59 bits per heavy atom. The molecule has 0 aliphatic rings. The first-order chi connectivity index (χ1) is 13.0. The molecule has 7 nitrogen and oxygen atoms in total. The predicted octanol–water partition coefficient (Wildman–Crippen LogP) is 2.17. The van der Waals surface area contributed by atoms with E-state index in [1.807, 2.05) is 37.3 Å². The van der Waals surface area contributed by atoms with Crippen LogP contribution in [0.5, 0.6) is 17.2 Å². The van der Waals surface area contributed by atoms with E-state index in [9.17, 15) is 9.59 Å². The molecule has 144 valence electrons. The number of amides is 2. The standard InChI is InChI=1S/C20H24N2O5/c1-14-6-4-5-7-16(14)27-13-20(24)22-21-19(23)11-9-15-8-10-17(25-2)18(12-15)26-3/h4-8,10,12H,9,11,13H2,1-3H3,(H,21,23)(H,22,24). The maximum Gasteiger partial charge on any atom is 0.276 e. The fraction of sp³-hybridized carbons (Fsp3) is 0.300. The number of ether oxygens (including phenoxy) is 3. The van der Waals surface area contributed by atoms with Gasteiger partial charge < -0.3 is 14.2 Å². The van der Waals surface area contributed by atoms with Gasteiger partial charge in [0.05, 0.1) is 14.2 Å². The zero-order valence-corrected chi connectivity index (χ0v) is 15.7. The monoisotopic (exact) mass is 372 g/mol. The fourth-order valence-corrected chi connectivity index (χ4v) is 2.39. The molecule has 0 aliphatic carbocycles. The Bertz CT molecular complexity index is 792. The summed E-state index contributed by atoms with van der Waals surface area (Å²) in [5, 5.41) is 0. The van der Waals surface area contributed by atoms with Crippen molar-refractivity contribution in [1.29, 1.82) is 0 Å². The molecule has 0 aromatic heterocycles. The summed E-state index contributed by atoms with van der Waals surface area (Å²) in [5.74, 6) is 1.14. The molecule has 0 saturated carbocycles. The number of hydrogen-bond acceptors (Lipinski definition) is 5. The normalized spacial score (nSPS) is 10.0. The Morgan fingerprint density at radius 1 is 0.889 bits per heavy atom. The molecule has 2 amide bonds. The molecule has 0 fully saturated rings. The van der Waals surface area contributed by atoms with Gasteiger partial charge in [0.1, 0.15) is 5.75 Å². The van der Waals surface area contributed by atoms with E-state index in [1.54, 1.807) is 26.4 Å². The smallest absolute Gasteiger partial charge is 0.276 e. The molecule has 0 bridgehead atoms. The number of carbonyl (C=O) groups excluding carboxylic acids is 2. The third-order valence-electron chi connectivity index (χ3n) is 3.88. The molecule has 2 aromatic rings. The van der Waals surface area contributed by atoms with Crippen LogP contribution in [0.3, 0.4) is 0 Å². The highest BCUT2D eigenvalue weighted by atomic mass is 16.5. The molecule has 2 N–H and O–H groups in total. The molecule has 7 heteroatoms. The van der Waals surface area contributed by atoms with Crippen molar-refractivity contribution in [3.8, 4) is 17.2 Å². The summed E-state index contributed by atoms with van der Waals surface area (Å²) >= 11 is 0. The van der Waals surface area contributed by atoms with Gasteiger partial charge in [-0.1, -0.05) is 24.3 Å². The summed E-state index contributed by atoms with van der Waals surface area (Å²) < 4.78 is 15.8. The lowest BCUT2D eigenvalue weighted by Gasteiger charge is -2.11. The van der Waals surface area contributed by atoms with Gasteiger partial charge in [-0.3, -0.25) is 20.4 Å². The van der Waals surface area contributed by atoms with Crippen molar-refractivity contribution in [1.82, 2.24) is 10.9 Å². The van der Waals surface area contributed by atoms with Gasteiger partial charge in [-0.25, -0.2) is 0 Å². The summed E-state index contributed by atoms with van der Waals surface area (Å²) in [6, 6.07) is 12.9. The van der Waals surface area contributed by atoms with E-state index < -0.39 is 5.91 Å². The molecule has 0 unspecified atom stereocenters. The second-order valence-electron chi connectivity index (χ2n) is 5.84. The van der Waals surface area contributed by atoms with Gasteiger partial charge in [-0.05, 0) is 42.7 Å². The van der Waals surface area contributed by atoms with E-state index in [0.29, 0.717) is 23.7 Å². The minimum Gasteiger partial charge on any atom is -0.493 e. The van der Waals surface area contributed by atoms with Gasteiger partial charge in [-0.15, -0.1) is 0 Å². The number of carbonyl (C=O) groups is 2. The molecule has 0 heterocycles. The van der Waals surface area contributed by atoms with Crippen LogP contribution in [0, 0.1) is 6.92 Å². The van der Waals surface area contributed by atoms with E-state index in [2.05, 4.69) is 10.9 Å². The van der Waals surface area contributed by atoms with Gasteiger partial charge in [0.15, 0.2) is 18.1 Å². The highest BCUT2D eigenvalue weighted by Crippen LogP contribution is 2.27. The first-order valence-corrected chi connectivity index (χ1v) is 8.50. The molecule has 0 radical (unpaired) electrons. The fourth-order valence-electron chi connectivity index (χ4n) is 2.39. The van der Waals surface area contributed by atoms with Crippen molar-refractivity contribution in [2.75, 3.05) is 20.8 Å². The van der Waals surface area contributed by atoms with Crippen LogP contribution in [0.2, 0.25) is 0 Å². The average molecular weight is 372 g/mol. The molecular formula is C20H24N2O5.